The number of aromatic nitrogens is 2. The van der Waals surface area contributed by atoms with Crippen LogP contribution in [0.5, 0.6) is 0 Å². The molecule has 0 bridgehead atoms. The molecular formula is C16H29N5O2. The van der Waals surface area contributed by atoms with Crippen LogP contribution in [0.1, 0.15) is 19.5 Å². The van der Waals surface area contributed by atoms with Crippen molar-refractivity contribution >= 4 is 11.7 Å². The molecule has 1 atom stereocenters. The van der Waals surface area contributed by atoms with Gasteiger partial charge in [-0.25, -0.2) is 0 Å². The minimum Gasteiger partial charge on any atom is -0.380 e. The average Bonchev–Trinajstić information content (AvgIpc) is 2.79. The van der Waals surface area contributed by atoms with Gasteiger partial charge in [-0.2, -0.15) is 5.10 Å². The molecule has 0 radical (unpaired) electrons. The maximum Gasteiger partial charge on any atom is 0.239 e. The highest BCUT2D eigenvalue weighted by atomic mass is 16.5. The van der Waals surface area contributed by atoms with E-state index in [1.54, 1.807) is 4.68 Å². The number of carbonyl (C=O) groups excluding carboxylic acids is 1. The molecule has 0 aliphatic carbocycles. The minimum absolute atomic E-state index is 0.0166. The number of anilines is 1. The molecule has 130 valence electrons. The van der Waals surface area contributed by atoms with E-state index >= 15 is 0 Å². The van der Waals surface area contributed by atoms with Gasteiger partial charge in [-0.05, 0) is 20.8 Å². The van der Waals surface area contributed by atoms with Crippen LogP contribution in [0, 0.1) is 6.92 Å². The van der Waals surface area contributed by atoms with Gasteiger partial charge in [0.15, 0.2) is 0 Å². The summed E-state index contributed by atoms with van der Waals surface area (Å²) in [6.07, 6.45) is 0. The van der Waals surface area contributed by atoms with Gasteiger partial charge in [-0.3, -0.25) is 19.3 Å². The maximum atomic E-state index is 12.2. The summed E-state index contributed by atoms with van der Waals surface area (Å²) in [7, 11) is 1.84. The summed E-state index contributed by atoms with van der Waals surface area (Å²) in [6, 6.07) is 2.32. The Morgan fingerprint density at radius 3 is 2.87 bits per heavy atom. The quantitative estimate of drug-likeness (QED) is 0.749. The van der Waals surface area contributed by atoms with Crippen LogP contribution in [-0.2, 0) is 16.6 Å². The highest BCUT2D eigenvalue weighted by molar-refractivity contribution is 5.91. The van der Waals surface area contributed by atoms with Gasteiger partial charge in [-0.1, -0.05) is 0 Å². The van der Waals surface area contributed by atoms with Crippen LogP contribution in [0.3, 0.4) is 0 Å². The Labute approximate surface area is 138 Å². The van der Waals surface area contributed by atoms with E-state index in [1.807, 2.05) is 27.0 Å². The smallest absolute Gasteiger partial charge is 0.239 e. The SMILES string of the molecule is CCOCCN1CCN(CC(=O)Nc2cc(C)nn2C)C[C@H]1C. The molecule has 0 unspecified atom stereocenters. The third kappa shape index (κ3) is 5.30. The van der Waals surface area contributed by atoms with E-state index in [4.69, 9.17) is 4.74 Å². The fourth-order valence-electron chi connectivity index (χ4n) is 2.99. The van der Waals surface area contributed by atoms with Gasteiger partial charge in [0.05, 0.1) is 18.8 Å². The first kappa shape index (κ1) is 17.9. The predicted molar refractivity (Wildman–Crippen MR) is 90.5 cm³/mol. The third-order valence-corrected chi connectivity index (χ3v) is 4.21. The van der Waals surface area contributed by atoms with Gasteiger partial charge < -0.3 is 10.1 Å². The molecule has 0 aromatic carbocycles. The molecule has 1 aliphatic heterocycles. The summed E-state index contributed by atoms with van der Waals surface area (Å²) < 4.78 is 7.12. The van der Waals surface area contributed by atoms with Crippen molar-refractivity contribution in [3.05, 3.63) is 11.8 Å². The Kier molecular flexibility index (Phi) is 6.56. The van der Waals surface area contributed by atoms with Gasteiger partial charge in [0.1, 0.15) is 5.82 Å². The predicted octanol–water partition coefficient (Wildman–Crippen LogP) is 0.710. The molecule has 2 heterocycles. The van der Waals surface area contributed by atoms with E-state index in [0.717, 1.165) is 50.9 Å². The number of hydrogen-bond acceptors (Lipinski definition) is 5. The lowest BCUT2D eigenvalue weighted by atomic mass is 10.2. The molecule has 1 saturated heterocycles. The van der Waals surface area contributed by atoms with Crippen LogP contribution in [-0.4, -0.2) is 77.5 Å². The molecule has 23 heavy (non-hydrogen) atoms. The van der Waals surface area contributed by atoms with Crippen molar-refractivity contribution in [2.45, 2.75) is 26.8 Å². The van der Waals surface area contributed by atoms with Crippen molar-refractivity contribution < 1.29 is 9.53 Å². The molecule has 1 N–H and O–H groups in total. The highest BCUT2D eigenvalue weighted by Gasteiger charge is 2.24. The number of amides is 1. The molecule has 1 aromatic rings. The summed E-state index contributed by atoms with van der Waals surface area (Å²) in [6.45, 7) is 11.9. The van der Waals surface area contributed by atoms with E-state index in [2.05, 4.69) is 27.1 Å². The van der Waals surface area contributed by atoms with Gasteiger partial charge in [0.25, 0.3) is 0 Å². The zero-order chi connectivity index (χ0) is 16.8. The number of nitrogens with zero attached hydrogens (tertiary/aromatic N) is 4. The largest absolute Gasteiger partial charge is 0.380 e. The van der Waals surface area contributed by atoms with Crippen molar-refractivity contribution in [3.8, 4) is 0 Å². The Balaban J connectivity index is 1.76. The van der Waals surface area contributed by atoms with Crippen molar-refractivity contribution in [2.75, 3.05) is 51.3 Å². The molecule has 1 fully saturated rings. The normalized spacial score (nSPS) is 19.9. The standard InChI is InChI=1S/C16H29N5O2/c1-5-23-9-8-21-7-6-20(11-14(21)3)12-16(22)17-15-10-13(2)18-19(15)4/h10,14H,5-9,11-12H2,1-4H3,(H,17,22)/t14-/m1/s1. The van der Waals surface area contributed by atoms with Gasteiger partial charge in [-0.15, -0.1) is 0 Å². The van der Waals surface area contributed by atoms with Crippen molar-refractivity contribution in [2.24, 2.45) is 7.05 Å². The van der Waals surface area contributed by atoms with Gasteiger partial charge in [0.2, 0.25) is 5.91 Å². The fraction of sp³-hybridized carbons (Fsp3) is 0.750. The monoisotopic (exact) mass is 323 g/mol. The average molecular weight is 323 g/mol. The van der Waals surface area contributed by atoms with E-state index in [0.29, 0.717) is 12.6 Å². The molecule has 2 rings (SSSR count). The second-order valence-electron chi connectivity index (χ2n) is 6.16. The number of nitrogens with one attached hydrogen (secondary N) is 1. The summed E-state index contributed by atoms with van der Waals surface area (Å²) in [5, 5.41) is 7.17. The van der Waals surface area contributed by atoms with E-state index in [1.165, 1.54) is 0 Å². The number of ether oxygens (including phenoxy) is 1. The maximum absolute atomic E-state index is 12.2. The summed E-state index contributed by atoms with van der Waals surface area (Å²) >= 11 is 0. The summed E-state index contributed by atoms with van der Waals surface area (Å²) in [5.74, 6) is 0.763. The Bertz CT molecular complexity index is 517. The first-order chi connectivity index (χ1) is 11.0. The molecule has 0 spiro atoms. The number of piperazine rings is 1. The van der Waals surface area contributed by atoms with Crippen molar-refractivity contribution in [1.29, 1.82) is 0 Å². The van der Waals surface area contributed by atoms with Crippen LogP contribution in [0.25, 0.3) is 0 Å². The summed E-state index contributed by atoms with van der Waals surface area (Å²) in [5.41, 5.74) is 0.902. The Morgan fingerprint density at radius 2 is 2.26 bits per heavy atom. The fourth-order valence-corrected chi connectivity index (χ4v) is 2.99. The highest BCUT2D eigenvalue weighted by Crippen LogP contribution is 2.11. The minimum atomic E-state index is 0.0166. The van der Waals surface area contributed by atoms with Gasteiger partial charge in [0, 0.05) is 51.9 Å². The van der Waals surface area contributed by atoms with Crippen LogP contribution in [0.15, 0.2) is 6.07 Å². The zero-order valence-electron chi connectivity index (χ0n) is 14.7. The third-order valence-electron chi connectivity index (χ3n) is 4.21. The Morgan fingerprint density at radius 1 is 1.48 bits per heavy atom. The Hall–Kier alpha value is -1.44. The molecule has 0 saturated carbocycles. The second-order valence-corrected chi connectivity index (χ2v) is 6.16. The van der Waals surface area contributed by atoms with E-state index in [-0.39, 0.29) is 5.91 Å². The van der Waals surface area contributed by atoms with Crippen LogP contribution < -0.4 is 5.32 Å². The molecule has 7 heteroatoms. The van der Waals surface area contributed by atoms with Crippen LogP contribution in [0.2, 0.25) is 0 Å². The molecule has 1 aliphatic rings. The van der Waals surface area contributed by atoms with Crippen LogP contribution in [0.4, 0.5) is 5.82 Å². The van der Waals surface area contributed by atoms with Crippen LogP contribution >= 0.6 is 0 Å². The zero-order valence-corrected chi connectivity index (χ0v) is 14.7. The topological polar surface area (TPSA) is 62.6 Å². The van der Waals surface area contributed by atoms with Crippen molar-refractivity contribution in [3.63, 3.8) is 0 Å². The first-order valence-electron chi connectivity index (χ1n) is 8.34. The molecule has 1 amide bonds. The first-order valence-corrected chi connectivity index (χ1v) is 8.34. The number of hydrogen-bond donors (Lipinski definition) is 1. The van der Waals surface area contributed by atoms with Crippen molar-refractivity contribution in [1.82, 2.24) is 19.6 Å². The van der Waals surface area contributed by atoms with E-state index < -0.39 is 0 Å². The molecule has 7 nitrogen and oxygen atoms in total. The number of carbonyl (C=O) groups is 1. The molecular weight excluding hydrogens is 294 g/mol. The lowest BCUT2D eigenvalue weighted by molar-refractivity contribution is -0.118. The molecule has 1 aromatic heterocycles. The lowest BCUT2D eigenvalue weighted by Crippen LogP contribution is -2.54. The second kappa shape index (κ2) is 8.42. The number of rotatable bonds is 7. The number of aryl methyl sites for hydroxylation is 2. The summed E-state index contributed by atoms with van der Waals surface area (Å²) in [4.78, 5) is 16.8. The lowest BCUT2D eigenvalue weighted by Gasteiger charge is -2.39. The van der Waals surface area contributed by atoms with E-state index in [9.17, 15) is 4.79 Å². The van der Waals surface area contributed by atoms with Gasteiger partial charge >= 0.3 is 0 Å².